The summed E-state index contributed by atoms with van der Waals surface area (Å²) in [6.07, 6.45) is 5.50. The predicted octanol–water partition coefficient (Wildman–Crippen LogP) is 2.18. The number of rotatable bonds is 5. The van der Waals surface area contributed by atoms with Crippen molar-refractivity contribution in [3.8, 4) is 0 Å². The lowest BCUT2D eigenvalue weighted by Crippen LogP contribution is -2.49. The van der Waals surface area contributed by atoms with Crippen molar-refractivity contribution < 1.29 is 0 Å². The molecule has 2 heterocycles. The number of hydrogen-bond donors (Lipinski definition) is 1. The van der Waals surface area contributed by atoms with Crippen LogP contribution in [0.25, 0.3) is 0 Å². The van der Waals surface area contributed by atoms with Crippen LogP contribution in [0.4, 0.5) is 0 Å². The molecule has 0 aromatic rings. The first kappa shape index (κ1) is 15.3. The van der Waals surface area contributed by atoms with E-state index < -0.39 is 0 Å². The standard InChI is InChI=1S/C16H33N3/c1-4-17-16-8-11-19(14(3)12-16)13-15-6-9-18(5-2)10-7-15/h14-17H,4-13H2,1-3H3. The van der Waals surface area contributed by atoms with Gasteiger partial charge in [-0.2, -0.15) is 0 Å². The summed E-state index contributed by atoms with van der Waals surface area (Å²) >= 11 is 0. The average molecular weight is 267 g/mol. The molecular weight excluding hydrogens is 234 g/mol. The van der Waals surface area contributed by atoms with Crippen LogP contribution >= 0.6 is 0 Å². The van der Waals surface area contributed by atoms with Gasteiger partial charge in [-0.1, -0.05) is 13.8 Å². The number of nitrogens with zero attached hydrogens (tertiary/aromatic N) is 2. The molecule has 0 aromatic carbocycles. The maximum atomic E-state index is 3.62. The van der Waals surface area contributed by atoms with E-state index in [1.807, 2.05) is 0 Å². The van der Waals surface area contributed by atoms with Gasteiger partial charge in [0, 0.05) is 18.6 Å². The SMILES string of the molecule is CCNC1CCN(CC2CCN(CC)CC2)C(C)C1. The van der Waals surface area contributed by atoms with Crippen LogP contribution in [0.2, 0.25) is 0 Å². The lowest BCUT2D eigenvalue weighted by Gasteiger charge is -2.41. The first-order valence-electron chi connectivity index (χ1n) is 8.42. The third kappa shape index (κ3) is 4.44. The molecule has 2 aliphatic heterocycles. The summed E-state index contributed by atoms with van der Waals surface area (Å²) in [4.78, 5) is 5.34. The summed E-state index contributed by atoms with van der Waals surface area (Å²) in [5.41, 5.74) is 0. The van der Waals surface area contributed by atoms with E-state index in [0.717, 1.165) is 24.5 Å². The van der Waals surface area contributed by atoms with Gasteiger partial charge in [-0.05, 0) is 71.2 Å². The Morgan fingerprint density at radius 2 is 1.79 bits per heavy atom. The zero-order valence-electron chi connectivity index (χ0n) is 13.2. The average Bonchev–Trinajstić information content (AvgIpc) is 2.43. The van der Waals surface area contributed by atoms with Gasteiger partial charge in [0.25, 0.3) is 0 Å². The minimum Gasteiger partial charge on any atom is -0.314 e. The molecule has 2 atom stereocenters. The van der Waals surface area contributed by atoms with Gasteiger partial charge in [0.05, 0.1) is 0 Å². The summed E-state index contributed by atoms with van der Waals surface area (Å²) in [5, 5.41) is 3.62. The molecule has 0 spiro atoms. The van der Waals surface area contributed by atoms with Crippen LogP contribution in [0, 0.1) is 5.92 Å². The molecule has 112 valence electrons. The van der Waals surface area contributed by atoms with Crippen molar-refractivity contribution in [1.82, 2.24) is 15.1 Å². The Morgan fingerprint density at radius 3 is 2.37 bits per heavy atom. The minimum absolute atomic E-state index is 0.762. The Kier molecular flexibility index (Phi) is 6.11. The number of piperidine rings is 2. The quantitative estimate of drug-likeness (QED) is 0.824. The van der Waals surface area contributed by atoms with E-state index in [0.29, 0.717) is 0 Å². The van der Waals surface area contributed by atoms with Gasteiger partial charge in [0.15, 0.2) is 0 Å². The summed E-state index contributed by atoms with van der Waals surface area (Å²) in [6, 6.07) is 1.53. The Balaban J connectivity index is 1.72. The van der Waals surface area contributed by atoms with E-state index in [4.69, 9.17) is 0 Å². The van der Waals surface area contributed by atoms with Gasteiger partial charge in [0.1, 0.15) is 0 Å². The summed E-state index contributed by atoms with van der Waals surface area (Å²) in [5.74, 6) is 0.945. The molecule has 0 amide bonds. The zero-order valence-corrected chi connectivity index (χ0v) is 13.2. The lowest BCUT2D eigenvalue weighted by atomic mass is 9.92. The fourth-order valence-corrected chi connectivity index (χ4v) is 3.78. The van der Waals surface area contributed by atoms with Crippen molar-refractivity contribution >= 4 is 0 Å². The van der Waals surface area contributed by atoms with Crippen LogP contribution in [0.5, 0.6) is 0 Å². The highest BCUT2D eigenvalue weighted by molar-refractivity contribution is 4.85. The number of nitrogens with one attached hydrogen (secondary N) is 1. The van der Waals surface area contributed by atoms with Crippen LogP contribution in [0.15, 0.2) is 0 Å². The molecule has 0 aromatic heterocycles. The highest BCUT2D eigenvalue weighted by atomic mass is 15.2. The molecule has 2 rings (SSSR count). The van der Waals surface area contributed by atoms with E-state index in [-0.39, 0.29) is 0 Å². The van der Waals surface area contributed by atoms with Gasteiger partial charge < -0.3 is 15.1 Å². The molecule has 2 fully saturated rings. The van der Waals surface area contributed by atoms with Crippen molar-refractivity contribution in [2.24, 2.45) is 5.92 Å². The van der Waals surface area contributed by atoms with Crippen LogP contribution < -0.4 is 5.32 Å². The smallest absolute Gasteiger partial charge is 0.00939 e. The topological polar surface area (TPSA) is 18.5 Å². The van der Waals surface area contributed by atoms with E-state index in [1.165, 1.54) is 58.4 Å². The van der Waals surface area contributed by atoms with Gasteiger partial charge in [-0.15, -0.1) is 0 Å². The highest BCUT2D eigenvalue weighted by Crippen LogP contribution is 2.23. The third-order valence-corrected chi connectivity index (χ3v) is 5.15. The van der Waals surface area contributed by atoms with Crippen molar-refractivity contribution in [1.29, 1.82) is 0 Å². The first-order chi connectivity index (χ1) is 9.22. The molecule has 2 saturated heterocycles. The van der Waals surface area contributed by atoms with Gasteiger partial charge >= 0.3 is 0 Å². The molecule has 3 nitrogen and oxygen atoms in total. The van der Waals surface area contributed by atoms with E-state index >= 15 is 0 Å². The Labute approximate surface area is 119 Å². The van der Waals surface area contributed by atoms with E-state index in [2.05, 4.69) is 35.9 Å². The fraction of sp³-hybridized carbons (Fsp3) is 1.00. The summed E-state index contributed by atoms with van der Waals surface area (Å²) in [7, 11) is 0. The monoisotopic (exact) mass is 267 g/mol. The molecule has 3 heteroatoms. The second kappa shape index (κ2) is 7.61. The van der Waals surface area contributed by atoms with Crippen molar-refractivity contribution in [2.45, 2.75) is 58.5 Å². The maximum Gasteiger partial charge on any atom is 0.00939 e. The van der Waals surface area contributed by atoms with Gasteiger partial charge in [0.2, 0.25) is 0 Å². The van der Waals surface area contributed by atoms with E-state index in [1.54, 1.807) is 0 Å². The summed E-state index contributed by atoms with van der Waals surface area (Å²) < 4.78 is 0. The second-order valence-corrected chi connectivity index (χ2v) is 6.50. The first-order valence-corrected chi connectivity index (χ1v) is 8.42. The van der Waals surface area contributed by atoms with Crippen LogP contribution in [-0.2, 0) is 0 Å². The fourth-order valence-electron chi connectivity index (χ4n) is 3.78. The van der Waals surface area contributed by atoms with Gasteiger partial charge in [-0.25, -0.2) is 0 Å². The molecule has 2 aliphatic rings. The predicted molar refractivity (Wildman–Crippen MR) is 82.6 cm³/mol. The second-order valence-electron chi connectivity index (χ2n) is 6.50. The Bertz CT molecular complexity index is 248. The molecule has 2 unspecified atom stereocenters. The van der Waals surface area contributed by atoms with Crippen LogP contribution in [0.3, 0.4) is 0 Å². The van der Waals surface area contributed by atoms with Gasteiger partial charge in [-0.3, -0.25) is 0 Å². The molecule has 0 bridgehead atoms. The van der Waals surface area contributed by atoms with Crippen LogP contribution in [-0.4, -0.2) is 61.2 Å². The normalized spacial score (nSPS) is 31.7. The van der Waals surface area contributed by atoms with Crippen molar-refractivity contribution in [3.63, 3.8) is 0 Å². The molecule has 19 heavy (non-hydrogen) atoms. The molecule has 1 N–H and O–H groups in total. The molecular formula is C16H33N3. The largest absolute Gasteiger partial charge is 0.314 e. The Morgan fingerprint density at radius 1 is 1.05 bits per heavy atom. The molecule has 0 saturated carbocycles. The van der Waals surface area contributed by atoms with E-state index in [9.17, 15) is 0 Å². The molecule has 0 aliphatic carbocycles. The Hall–Kier alpha value is -0.120. The van der Waals surface area contributed by atoms with Crippen LogP contribution in [0.1, 0.15) is 46.5 Å². The number of likely N-dealkylation sites (tertiary alicyclic amines) is 2. The number of hydrogen-bond acceptors (Lipinski definition) is 3. The minimum atomic E-state index is 0.762. The maximum absolute atomic E-state index is 3.62. The lowest BCUT2D eigenvalue weighted by molar-refractivity contribution is 0.0906. The van der Waals surface area contributed by atoms with Crippen molar-refractivity contribution in [3.05, 3.63) is 0 Å². The third-order valence-electron chi connectivity index (χ3n) is 5.15. The zero-order chi connectivity index (χ0) is 13.7. The highest BCUT2D eigenvalue weighted by Gasteiger charge is 2.27. The summed E-state index contributed by atoms with van der Waals surface area (Å²) in [6.45, 7) is 14.6. The molecule has 0 radical (unpaired) electrons. The van der Waals surface area contributed by atoms with Crippen molar-refractivity contribution in [2.75, 3.05) is 39.3 Å².